The fourth-order valence-electron chi connectivity index (χ4n) is 4.22. The average molecular weight is 475 g/mol. The van der Waals surface area contributed by atoms with Gasteiger partial charge in [0, 0.05) is 37.8 Å². The Morgan fingerprint density at radius 3 is 2.54 bits per heavy atom. The molecule has 1 aromatic carbocycles. The van der Waals surface area contributed by atoms with E-state index in [9.17, 15) is 4.79 Å². The highest BCUT2D eigenvalue weighted by Gasteiger charge is 2.24. The smallest absolute Gasteiger partial charge is 0.261 e. The van der Waals surface area contributed by atoms with Gasteiger partial charge < -0.3 is 24.8 Å². The summed E-state index contributed by atoms with van der Waals surface area (Å²) in [6.07, 6.45) is 6.85. The van der Waals surface area contributed by atoms with Gasteiger partial charge in [-0.05, 0) is 12.5 Å². The molecule has 0 bridgehead atoms. The molecule has 35 heavy (non-hydrogen) atoms. The first-order valence-electron chi connectivity index (χ1n) is 11.3. The third-order valence-electron chi connectivity index (χ3n) is 5.81. The van der Waals surface area contributed by atoms with Crippen molar-refractivity contribution in [3.63, 3.8) is 0 Å². The number of methoxy groups -OCH3 is 2. The van der Waals surface area contributed by atoms with Gasteiger partial charge in [0.2, 0.25) is 0 Å². The normalized spacial score (nSPS) is 12.2. The number of ether oxygens (including phenoxy) is 2. The summed E-state index contributed by atoms with van der Waals surface area (Å²) < 4.78 is 12.5. The Labute approximate surface area is 200 Å². The van der Waals surface area contributed by atoms with Crippen LogP contribution in [0.1, 0.15) is 31.6 Å². The maximum absolute atomic E-state index is 13.4. The first-order chi connectivity index (χ1) is 17.0. The van der Waals surface area contributed by atoms with Crippen LogP contribution in [-0.2, 0) is 7.05 Å². The molecule has 0 radical (unpaired) electrons. The van der Waals surface area contributed by atoms with E-state index >= 15 is 0 Å². The van der Waals surface area contributed by atoms with Crippen molar-refractivity contribution in [3.05, 3.63) is 53.0 Å². The Balaban J connectivity index is 1.72. The number of aryl methyl sites for hydroxylation is 1. The summed E-state index contributed by atoms with van der Waals surface area (Å²) in [5, 5.41) is 8.14. The number of aromatic amines is 2. The first-order valence-corrected chi connectivity index (χ1v) is 11.3. The van der Waals surface area contributed by atoms with E-state index in [1.54, 1.807) is 55.7 Å². The van der Waals surface area contributed by atoms with Gasteiger partial charge in [0.1, 0.15) is 22.7 Å². The monoisotopic (exact) mass is 474 g/mol. The number of benzene rings is 1. The highest BCUT2D eigenvalue weighted by molar-refractivity contribution is 5.96. The summed E-state index contributed by atoms with van der Waals surface area (Å²) in [7, 11) is 4.95. The maximum Gasteiger partial charge on any atom is 0.261 e. The molecule has 180 valence electrons. The summed E-state index contributed by atoms with van der Waals surface area (Å²) >= 11 is 0. The number of pyridine rings is 1. The van der Waals surface area contributed by atoms with Crippen LogP contribution in [0.15, 0.2) is 41.6 Å². The lowest BCUT2D eigenvalue weighted by Crippen LogP contribution is -2.19. The van der Waals surface area contributed by atoms with Crippen molar-refractivity contribution in [1.82, 2.24) is 34.7 Å². The summed E-state index contributed by atoms with van der Waals surface area (Å²) in [5.41, 5.74) is 3.20. The van der Waals surface area contributed by atoms with Crippen LogP contribution in [-0.4, -0.2) is 48.9 Å². The van der Waals surface area contributed by atoms with E-state index in [1.165, 1.54) is 0 Å². The molecule has 5 rings (SSSR count). The van der Waals surface area contributed by atoms with Crippen molar-refractivity contribution in [1.29, 1.82) is 0 Å². The van der Waals surface area contributed by atoms with E-state index in [4.69, 9.17) is 14.5 Å². The van der Waals surface area contributed by atoms with Crippen LogP contribution in [0.2, 0.25) is 0 Å². The molecule has 4 heterocycles. The zero-order chi connectivity index (χ0) is 24.5. The van der Waals surface area contributed by atoms with Crippen LogP contribution in [0, 0.1) is 0 Å². The number of nitrogens with zero attached hydrogens (tertiary/aromatic N) is 5. The summed E-state index contributed by atoms with van der Waals surface area (Å²) in [4.78, 5) is 33.2. The Morgan fingerprint density at radius 2 is 1.83 bits per heavy atom. The largest absolute Gasteiger partial charge is 0.493 e. The standard InChI is InChI=1S/C24H26N8O3/c1-5-7-13(22-25-8-6-9-26-22)27-21-19(24(33)30-16-12-32(2)31-20(16)21)23-28-14-10-17(34-3)18(35-4)11-15(14)29-23/h6,8-13,27H,5,7H2,1-4H3,(H,28,29)(H,30,33)/t13-/m1/s1. The van der Waals surface area contributed by atoms with E-state index < -0.39 is 0 Å². The maximum atomic E-state index is 13.4. The first kappa shape index (κ1) is 22.4. The van der Waals surface area contributed by atoms with Gasteiger partial charge in [0.15, 0.2) is 11.5 Å². The minimum Gasteiger partial charge on any atom is -0.493 e. The number of anilines is 1. The van der Waals surface area contributed by atoms with Crippen molar-refractivity contribution in [3.8, 4) is 22.9 Å². The van der Waals surface area contributed by atoms with Crippen molar-refractivity contribution < 1.29 is 9.47 Å². The number of fused-ring (bicyclic) bond motifs is 2. The number of H-pyrrole nitrogens is 2. The van der Waals surface area contributed by atoms with Crippen LogP contribution in [0.5, 0.6) is 11.5 Å². The van der Waals surface area contributed by atoms with Crippen LogP contribution >= 0.6 is 0 Å². The minimum absolute atomic E-state index is 0.225. The Hall–Kier alpha value is -4.41. The topological polar surface area (TPSA) is 136 Å². The highest BCUT2D eigenvalue weighted by Crippen LogP contribution is 2.36. The number of nitrogens with one attached hydrogen (secondary N) is 3. The number of aromatic nitrogens is 7. The van der Waals surface area contributed by atoms with Crippen molar-refractivity contribution in [2.24, 2.45) is 7.05 Å². The molecule has 0 aliphatic carbocycles. The molecule has 0 saturated heterocycles. The lowest BCUT2D eigenvalue weighted by atomic mass is 10.1. The number of hydrogen-bond acceptors (Lipinski definition) is 8. The lowest BCUT2D eigenvalue weighted by molar-refractivity contribution is 0.356. The Bertz CT molecular complexity index is 1510. The van der Waals surface area contributed by atoms with Gasteiger partial charge in [-0.2, -0.15) is 5.10 Å². The van der Waals surface area contributed by atoms with E-state index in [0.29, 0.717) is 56.5 Å². The van der Waals surface area contributed by atoms with Gasteiger partial charge in [0.25, 0.3) is 5.56 Å². The average Bonchev–Trinajstić information content (AvgIpc) is 3.44. The second kappa shape index (κ2) is 9.09. The van der Waals surface area contributed by atoms with Gasteiger partial charge in [0.05, 0.1) is 42.5 Å². The van der Waals surface area contributed by atoms with Crippen LogP contribution in [0.25, 0.3) is 33.5 Å². The summed E-state index contributed by atoms with van der Waals surface area (Å²) in [6.45, 7) is 2.09. The SMILES string of the molecule is CCC[C@@H](Nc1c(-c2nc3cc(OC)c(OC)cc3[nH]2)c(=O)[nH]c2cn(C)nc12)c1ncccn1. The predicted molar refractivity (Wildman–Crippen MR) is 133 cm³/mol. The molecule has 0 aliphatic heterocycles. The lowest BCUT2D eigenvalue weighted by Gasteiger charge is -2.19. The van der Waals surface area contributed by atoms with Gasteiger partial charge in [-0.1, -0.05) is 13.3 Å². The second-order valence-electron chi connectivity index (χ2n) is 8.17. The zero-order valence-electron chi connectivity index (χ0n) is 19.9. The molecule has 3 N–H and O–H groups in total. The fourth-order valence-corrected chi connectivity index (χ4v) is 4.22. The molecule has 11 nitrogen and oxygen atoms in total. The van der Waals surface area contributed by atoms with Gasteiger partial charge in [-0.15, -0.1) is 0 Å². The highest BCUT2D eigenvalue weighted by atomic mass is 16.5. The van der Waals surface area contributed by atoms with Crippen LogP contribution < -0.4 is 20.3 Å². The molecule has 0 amide bonds. The van der Waals surface area contributed by atoms with Gasteiger partial charge in [-0.3, -0.25) is 9.48 Å². The fraction of sp³-hybridized carbons (Fsp3) is 0.292. The Kier molecular flexibility index (Phi) is 5.81. The van der Waals surface area contributed by atoms with Crippen molar-refractivity contribution in [2.75, 3.05) is 19.5 Å². The second-order valence-corrected chi connectivity index (χ2v) is 8.17. The zero-order valence-corrected chi connectivity index (χ0v) is 19.9. The molecule has 0 unspecified atom stereocenters. The predicted octanol–water partition coefficient (Wildman–Crippen LogP) is 3.57. The molecule has 4 aromatic heterocycles. The number of rotatable bonds is 8. The molecule has 0 fully saturated rings. The van der Waals surface area contributed by atoms with E-state index in [-0.39, 0.29) is 11.6 Å². The van der Waals surface area contributed by atoms with Crippen molar-refractivity contribution >= 4 is 27.8 Å². The summed E-state index contributed by atoms with van der Waals surface area (Å²) in [5.74, 6) is 2.15. The molecular formula is C24H26N8O3. The van der Waals surface area contributed by atoms with E-state index in [2.05, 4.69) is 37.3 Å². The molecular weight excluding hydrogens is 448 g/mol. The molecule has 0 aliphatic rings. The quantitative estimate of drug-likeness (QED) is 0.311. The third-order valence-corrected chi connectivity index (χ3v) is 5.81. The molecule has 1 atom stereocenters. The van der Waals surface area contributed by atoms with Crippen LogP contribution in [0.4, 0.5) is 5.69 Å². The number of imidazole rings is 1. The molecule has 0 spiro atoms. The minimum atomic E-state index is -0.296. The van der Waals surface area contributed by atoms with Gasteiger partial charge >= 0.3 is 0 Å². The molecule has 0 saturated carbocycles. The number of hydrogen-bond donors (Lipinski definition) is 3. The Morgan fingerprint density at radius 1 is 1.09 bits per heavy atom. The van der Waals surface area contributed by atoms with E-state index in [1.807, 2.05) is 7.05 Å². The van der Waals surface area contributed by atoms with Crippen LogP contribution in [0.3, 0.4) is 0 Å². The molecule has 5 aromatic rings. The van der Waals surface area contributed by atoms with Crippen molar-refractivity contribution in [2.45, 2.75) is 25.8 Å². The third kappa shape index (κ3) is 4.05. The van der Waals surface area contributed by atoms with Gasteiger partial charge in [-0.25, -0.2) is 15.0 Å². The van der Waals surface area contributed by atoms with E-state index in [0.717, 1.165) is 12.8 Å². The summed E-state index contributed by atoms with van der Waals surface area (Å²) in [6, 6.07) is 5.12. The molecule has 11 heteroatoms.